The molecule has 0 radical (unpaired) electrons. The first-order valence-electron chi connectivity index (χ1n) is 28.0. The van der Waals surface area contributed by atoms with Crippen LogP contribution in [0.4, 0.5) is 0 Å². The van der Waals surface area contributed by atoms with Crippen molar-refractivity contribution in [2.24, 2.45) is 0 Å². The molecule has 0 fully saturated rings. The van der Waals surface area contributed by atoms with E-state index in [2.05, 4.69) is 123 Å². The number of aliphatic carboxylic acids is 1. The van der Waals surface area contributed by atoms with Gasteiger partial charge in [0.2, 0.25) is 0 Å². The molecule has 9 heteroatoms. The summed E-state index contributed by atoms with van der Waals surface area (Å²) in [6.07, 6.45) is 68.3. The van der Waals surface area contributed by atoms with Crippen LogP contribution in [-0.2, 0) is 33.3 Å². The summed E-state index contributed by atoms with van der Waals surface area (Å²) in [4.78, 5) is 37.3. The van der Waals surface area contributed by atoms with E-state index in [4.69, 9.17) is 18.9 Å². The zero-order valence-electron chi connectivity index (χ0n) is 45.8. The number of ether oxygens (including phenoxy) is 4. The predicted octanol–water partition coefficient (Wildman–Crippen LogP) is 15.0. The zero-order valence-corrected chi connectivity index (χ0v) is 45.8. The number of esters is 2. The lowest BCUT2D eigenvalue weighted by Crippen LogP contribution is -2.44. The summed E-state index contributed by atoms with van der Waals surface area (Å²) in [6, 6.07) is 0. The molecule has 0 bridgehead atoms. The Labute approximate surface area is 434 Å². The van der Waals surface area contributed by atoms with Gasteiger partial charge in [-0.05, 0) is 103 Å². The van der Waals surface area contributed by atoms with Gasteiger partial charge in [-0.15, -0.1) is 0 Å². The molecule has 0 N–H and O–H groups in total. The molecule has 0 aliphatic heterocycles. The maximum Gasteiger partial charge on any atom is 0.306 e. The molecule has 0 saturated heterocycles. The number of nitrogens with zero attached hydrogens (tertiary/aromatic N) is 1. The second-order valence-electron chi connectivity index (χ2n) is 19.5. The highest BCUT2D eigenvalue weighted by atomic mass is 16.7. The number of carboxylic acid groups (broad SMARTS) is 1. The fraction of sp³-hybridized carbons (Fsp3) is 0.661. The van der Waals surface area contributed by atoms with Crippen molar-refractivity contribution in [2.75, 3.05) is 47.5 Å². The molecule has 9 nitrogen and oxygen atoms in total. The minimum atomic E-state index is -1.63. The second-order valence-corrected chi connectivity index (χ2v) is 19.5. The van der Waals surface area contributed by atoms with Crippen LogP contribution < -0.4 is 5.11 Å². The number of carbonyl (C=O) groups is 3. The summed E-state index contributed by atoms with van der Waals surface area (Å²) in [5.74, 6) is -2.32. The third-order valence-corrected chi connectivity index (χ3v) is 11.5. The van der Waals surface area contributed by atoms with Crippen LogP contribution in [0.1, 0.15) is 206 Å². The first-order valence-corrected chi connectivity index (χ1v) is 28.0. The zero-order chi connectivity index (χ0) is 52.0. The van der Waals surface area contributed by atoms with Crippen molar-refractivity contribution in [2.45, 2.75) is 219 Å². The summed E-state index contributed by atoms with van der Waals surface area (Å²) in [6.45, 7) is 4.56. The van der Waals surface area contributed by atoms with Crippen molar-refractivity contribution in [1.82, 2.24) is 0 Å². The monoisotopic (exact) mass is 990 g/mol. The minimum absolute atomic E-state index is 0.137. The van der Waals surface area contributed by atoms with Crippen molar-refractivity contribution in [3.63, 3.8) is 0 Å². The van der Waals surface area contributed by atoms with Gasteiger partial charge in [-0.25, -0.2) is 0 Å². The largest absolute Gasteiger partial charge is 0.545 e. The number of rotatable bonds is 50. The van der Waals surface area contributed by atoms with Crippen LogP contribution >= 0.6 is 0 Å². The Morgan fingerprint density at radius 1 is 0.437 bits per heavy atom. The Hall–Kier alpha value is -4.05. The number of carboxylic acids is 1. The minimum Gasteiger partial charge on any atom is -0.545 e. The van der Waals surface area contributed by atoms with E-state index in [1.165, 1.54) is 57.8 Å². The lowest BCUT2D eigenvalue weighted by molar-refractivity contribution is -0.870. The van der Waals surface area contributed by atoms with E-state index in [0.29, 0.717) is 17.4 Å². The van der Waals surface area contributed by atoms with E-state index in [1.54, 1.807) is 0 Å². The van der Waals surface area contributed by atoms with Gasteiger partial charge in [0.15, 0.2) is 12.4 Å². The number of carbonyl (C=O) groups excluding carboxylic acids is 3. The number of hydrogen-bond acceptors (Lipinski definition) is 8. The van der Waals surface area contributed by atoms with Crippen LogP contribution in [0.25, 0.3) is 0 Å². The molecular formula is C62H103NO8. The van der Waals surface area contributed by atoms with Gasteiger partial charge in [-0.1, -0.05) is 200 Å². The van der Waals surface area contributed by atoms with Crippen molar-refractivity contribution in [3.8, 4) is 0 Å². The fourth-order valence-electron chi connectivity index (χ4n) is 7.19. The van der Waals surface area contributed by atoms with Crippen molar-refractivity contribution in [1.29, 1.82) is 0 Å². The van der Waals surface area contributed by atoms with Crippen LogP contribution in [-0.4, -0.2) is 82.3 Å². The molecule has 0 aliphatic rings. The highest BCUT2D eigenvalue weighted by Crippen LogP contribution is 2.14. The van der Waals surface area contributed by atoms with Gasteiger partial charge in [-0.3, -0.25) is 9.59 Å². The third-order valence-electron chi connectivity index (χ3n) is 11.5. The number of allylic oxidation sites excluding steroid dienone is 18. The van der Waals surface area contributed by atoms with E-state index in [9.17, 15) is 19.5 Å². The van der Waals surface area contributed by atoms with Crippen LogP contribution in [0.5, 0.6) is 0 Å². The van der Waals surface area contributed by atoms with E-state index in [1.807, 2.05) is 21.1 Å². The molecule has 0 rings (SSSR count). The van der Waals surface area contributed by atoms with Gasteiger partial charge >= 0.3 is 11.9 Å². The average molecular weight is 991 g/mol. The molecule has 71 heavy (non-hydrogen) atoms. The SMILES string of the molecule is CC/C=C\C/C=C\C/C=C\C/C=C\C/C=C\C/C=C\CCCCCCCCCCC(=O)OC(COC(=O)CCCCCCCC/C=C\C/C=C\C/C=C\CCCCC)COC(OCC[N+](C)(C)C)C(=O)[O-]. The molecule has 0 spiro atoms. The highest BCUT2D eigenvalue weighted by molar-refractivity contribution is 5.70. The lowest BCUT2D eigenvalue weighted by atomic mass is 10.1. The average Bonchev–Trinajstić information content (AvgIpc) is 3.34. The number of unbranched alkanes of at least 4 members (excludes halogenated alkanes) is 17. The normalized spacial score (nSPS) is 13.6. The van der Waals surface area contributed by atoms with Gasteiger partial charge in [0.05, 0.1) is 40.3 Å². The Balaban J connectivity index is 4.34. The molecule has 0 aromatic carbocycles. The maximum atomic E-state index is 12.9. The third kappa shape index (κ3) is 53.6. The quantitative estimate of drug-likeness (QED) is 0.0195. The van der Waals surface area contributed by atoms with Gasteiger partial charge < -0.3 is 33.3 Å². The lowest BCUT2D eigenvalue weighted by Gasteiger charge is -2.26. The molecule has 0 amide bonds. The smallest absolute Gasteiger partial charge is 0.306 e. The van der Waals surface area contributed by atoms with Crippen LogP contribution in [0.2, 0.25) is 0 Å². The molecular weight excluding hydrogens is 887 g/mol. The fourth-order valence-corrected chi connectivity index (χ4v) is 7.19. The second kappa shape index (κ2) is 52.3. The summed E-state index contributed by atoms with van der Waals surface area (Å²) in [5.41, 5.74) is 0. The Morgan fingerprint density at radius 2 is 0.803 bits per heavy atom. The predicted molar refractivity (Wildman–Crippen MR) is 297 cm³/mol. The molecule has 2 unspecified atom stereocenters. The van der Waals surface area contributed by atoms with Crippen molar-refractivity contribution >= 4 is 17.9 Å². The molecule has 2 atom stereocenters. The Bertz CT molecular complexity index is 1530. The standard InChI is InChI=1S/C62H103NO8/c1-6-8-10-12-14-16-18-20-22-24-26-27-28-29-30-31-32-33-35-37-39-41-43-45-47-49-51-53-60(65)71-58(57-70-62(61(66)67)68-55-54-63(3,4)5)56-69-59(64)52-50-48-46-44-42-40-38-36-34-25-23-21-19-17-15-13-11-9-7-2/h8,10,14-17,20-23,26-27,29-30,32-34,36,58,62H,6-7,9,11-13,18-19,24-25,28,31,35,37-57H2,1-5H3/b10-8-,16-14-,17-15-,22-20-,23-21-,27-26-,30-29-,33-32-,36-34-. The summed E-state index contributed by atoms with van der Waals surface area (Å²) in [7, 11) is 5.90. The number of hydrogen-bond donors (Lipinski definition) is 0. The van der Waals surface area contributed by atoms with Crippen LogP contribution in [0.3, 0.4) is 0 Å². The maximum absolute atomic E-state index is 12.9. The summed E-state index contributed by atoms with van der Waals surface area (Å²) < 4.78 is 22.7. The molecule has 404 valence electrons. The first-order chi connectivity index (χ1) is 34.6. The molecule has 0 aliphatic carbocycles. The van der Waals surface area contributed by atoms with Gasteiger partial charge in [-0.2, -0.15) is 0 Å². The number of likely N-dealkylation sites (N-methyl/N-ethyl adjacent to an activating group) is 1. The van der Waals surface area contributed by atoms with Crippen LogP contribution in [0.15, 0.2) is 109 Å². The molecule has 0 saturated carbocycles. The van der Waals surface area contributed by atoms with Gasteiger partial charge in [0, 0.05) is 12.8 Å². The Morgan fingerprint density at radius 3 is 1.20 bits per heavy atom. The first kappa shape index (κ1) is 67.0. The Kier molecular flexibility index (Phi) is 49.3. The number of quaternary nitrogens is 1. The van der Waals surface area contributed by atoms with E-state index < -0.39 is 24.3 Å². The highest BCUT2D eigenvalue weighted by Gasteiger charge is 2.22. The topological polar surface area (TPSA) is 111 Å². The van der Waals surface area contributed by atoms with E-state index in [0.717, 1.165) is 116 Å². The molecule has 0 heterocycles. The van der Waals surface area contributed by atoms with Crippen molar-refractivity contribution < 1.29 is 42.9 Å². The van der Waals surface area contributed by atoms with E-state index >= 15 is 0 Å². The van der Waals surface area contributed by atoms with Gasteiger partial charge in [0.25, 0.3) is 0 Å². The molecule has 0 aromatic rings. The summed E-state index contributed by atoms with van der Waals surface area (Å²) in [5, 5.41) is 11.8. The van der Waals surface area contributed by atoms with E-state index in [-0.39, 0.29) is 38.6 Å². The van der Waals surface area contributed by atoms with Crippen molar-refractivity contribution in [3.05, 3.63) is 109 Å². The van der Waals surface area contributed by atoms with Crippen LogP contribution in [0, 0.1) is 0 Å². The molecule has 0 aromatic heterocycles. The summed E-state index contributed by atoms with van der Waals surface area (Å²) >= 11 is 0. The van der Waals surface area contributed by atoms with Gasteiger partial charge in [0.1, 0.15) is 13.2 Å².